The van der Waals surface area contributed by atoms with E-state index in [0.717, 1.165) is 5.56 Å². The molecule has 0 fully saturated rings. The Hall–Kier alpha value is -4.61. The van der Waals surface area contributed by atoms with Crippen LogP contribution in [-0.4, -0.2) is 71.6 Å². The first-order valence-electron chi connectivity index (χ1n) is 11.9. The fraction of sp³-hybridized carbons (Fsp3) is 0.346. The van der Waals surface area contributed by atoms with Crippen molar-refractivity contribution in [3.8, 4) is 5.75 Å². The zero-order valence-electron chi connectivity index (χ0n) is 21.3. The molecule has 2 aromatic carbocycles. The van der Waals surface area contributed by atoms with Crippen LogP contribution < -0.4 is 20.7 Å². The van der Waals surface area contributed by atoms with Crippen LogP contribution in [-0.2, 0) is 25.6 Å². The molecule has 0 aliphatic carbocycles. The number of aryl methyl sites for hydroxylation is 1. The predicted octanol–water partition coefficient (Wildman–Crippen LogP) is 2.47. The van der Waals surface area contributed by atoms with Crippen LogP contribution in [0.15, 0.2) is 42.5 Å². The number of hydrogen-bond acceptors (Lipinski definition) is 6. The lowest BCUT2D eigenvalue weighted by Gasteiger charge is -2.22. The number of carboxylic acid groups (broad SMARTS) is 2. The normalized spacial score (nSPS) is 10.3. The van der Waals surface area contributed by atoms with Crippen molar-refractivity contribution in [3.63, 3.8) is 0 Å². The molecule has 0 aliphatic rings. The van der Waals surface area contributed by atoms with Crippen molar-refractivity contribution in [2.24, 2.45) is 0 Å². The summed E-state index contributed by atoms with van der Waals surface area (Å²) in [5, 5.41) is 25.6. The van der Waals surface area contributed by atoms with E-state index in [0.29, 0.717) is 22.7 Å². The lowest BCUT2D eigenvalue weighted by Crippen LogP contribution is -2.42. The van der Waals surface area contributed by atoms with Gasteiger partial charge in [-0.25, -0.2) is 4.79 Å². The van der Waals surface area contributed by atoms with Crippen molar-refractivity contribution < 1.29 is 38.9 Å². The summed E-state index contributed by atoms with van der Waals surface area (Å²) >= 11 is 0. The van der Waals surface area contributed by atoms with Gasteiger partial charge in [0.15, 0.2) is 0 Å². The van der Waals surface area contributed by atoms with Gasteiger partial charge in [0.25, 0.3) is 0 Å². The van der Waals surface area contributed by atoms with Crippen molar-refractivity contribution in [2.45, 2.75) is 32.6 Å². The number of rotatable bonds is 14. The topological polar surface area (TPSA) is 174 Å². The fourth-order valence-electron chi connectivity index (χ4n) is 3.48. The minimum absolute atomic E-state index is 0.0668. The van der Waals surface area contributed by atoms with Gasteiger partial charge in [0.1, 0.15) is 5.75 Å². The van der Waals surface area contributed by atoms with E-state index < -0.39 is 29.8 Å². The Morgan fingerprint density at radius 1 is 0.895 bits per heavy atom. The summed E-state index contributed by atoms with van der Waals surface area (Å²) in [6.07, 6.45) is -0.370. The number of carbonyl (C=O) groups is 5. The number of hydrogen-bond donors (Lipinski definition) is 5. The van der Waals surface area contributed by atoms with Crippen LogP contribution in [0.2, 0.25) is 0 Å². The molecular weight excluding hydrogens is 496 g/mol. The van der Waals surface area contributed by atoms with Crippen LogP contribution in [0.4, 0.5) is 16.2 Å². The molecule has 38 heavy (non-hydrogen) atoms. The molecule has 204 valence electrons. The monoisotopic (exact) mass is 528 g/mol. The highest BCUT2D eigenvalue weighted by molar-refractivity contribution is 6.01. The number of ether oxygens (including phenoxy) is 1. The van der Waals surface area contributed by atoms with Crippen LogP contribution in [0, 0.1) is 6.92 Å². The number of carbonyl (C=O) groups excluding carboxylic acids is 3. The van der Waals surface area contributed by atoms with Crippen LogP contribution in [0.25, 0.3) is 0 Å². The molecule has 2 aromatic rings. The lowest BCUT2D eigenvalue weighted by molar-refractivity contribution is -0.140. The second-order valence-electron chi connectivity index (χ2n) is 8.40. The largest absolute Gasteiger partial charge is 0.495 e. The van der Waals surface area contributed by atoms with Crippen molar-refractivity contribution >= 4 is 41.2 Å². The summed E-state index contributed by atoms with van der Waals surface area (Å²) in [7, 11) is 1.43. The number of methoxy groups -OCH3 is 1. The number of aliphatic carboxylic acids is 2. The molecule has 12 nitrogen and oxygen atoms in total. The van der Waals surface area contributed by atoms with Gasteiger partial charge in [-0.2, -0.15) is 0 Å². The number of urea groups is 1. The minimum atomic E-state index is -1.09. The Morgan fingerprint density at radius 3 is 2.24 bits per heavy atom. The molecule has 2 rings (SSSR count). The number of nitrogens with one attached hydrogen (secondary N) is 3. The highest BCUT2D eigenvalue weighted by Crippen LogP contribution is 2.26. The average molecular weight is 529 g/mol. The summed E-state index contributed by atoms with van der Waals surface area (Å²) in [5.74, 6) is -2.74. The van der Waals surface area contributed by atoms with Crippen LogP contribution in [0.3, 0.4) is 0 Å². The molecule has 0 heterocycles. The fourth-order valence-corrected chi connectivity index (χ4v) is 3.48. The number of amides is 4. The maximum Gasteiger partial charge on any atom is 0.323 e. The SMILES string of the molecule is COc1cc(CC(=O)NCC(=O)N(CCCC(=O)O)CCC(=O)O)ccc1NC(=O)Nc1ccccc1C. The van der Waals surface area contributed by atoms with Crippen molar-refractivity contribution in [1.29, 1.82) is 0 Å². The molecule has 12 heteroatoms. The van der Waals surface area contributed by atoms with E-state index in [1.807, 2.05) is 25.1 Å². The predicted molar refractivity (Wildman–Crippen MR) is 139 cm³/mol. The van der Waals surface area contributed by atoms with Crippen LogP contribution >= 0.6 is 0 Å². The first-order chi connectivity index (χ1) is 18.1. The Bertz CT molecular complexity index is 1170. The molecule has 0 atom stereocenters. The third kappa shape index (κ3) is 10.2. The summed E-state index contributed by atoms with van der Waals surface area (Å²) in [6, 6.07) is 11.7. The van der Waals surface area contributed by atoms with Gasteiger partial charge in [-0.05, 0) is 42.7 Å². The molecule has 5 N–H and O–H groups in total. The van der Waals surface area contributed by atoms with E-state index >= 15 is 0 Å². The molecule has 0 unspecified atom stereocenters. The molecule has 0 saturated carbocycles. The molecule has 0 radical (unpaired) electrons. The van der Waals surface area contributed by atoms with Gasteiger partial charge in [0.2, 0.25) is 11.8 Å². The highest BCUT2D eigenvalue weighted by atomic mass is 16.5. The van der Waals surface area contributed by atoms with Gasteiger partial charge in [-0.1, -0.05) is 24.3 Å². The molecule has 0 aliphatic heterocycles. The van der Waals surface area contributed by atoms with Gasteiger partial charge < -0.3 is 35.8 Å². The summed E-state index contributed by atoms with van der Waals surface area (Å²) in [6.45, 7) is 1.49. The van der Waals surface area contributed by atoms with Gasteiger partial charge >= 0.3 is 18.0 Å². The molecule has 4 amide bonds. The van der Waals surface area contributed by atoms with E-state index in [1.54, 1.807) is 24.3 Å². The molecule has 0 aromatic heterocycles. The van der Waals surface area contributed by atoms with Gasteiger partial charge in [-0.3, -0.25) is 19.2 Å². The second-order valence-corrected chi connectivity index (χ2v) is 8.40. The summed E-state index contributed by atoms with van der Waals surface area (Å²) in [5.41, 5.74) is 2.53. The standard InChI is InChI=1S/C26H32N4O8/c1-17-6-3-4-7-19(17)28-26(37)29-20-10-9-18(14-21(20)38-2)15-22(31)27-16-23(32)30(13-11-25(35)36)12-5-8-24(33)34/h3-4,6-7,9-10,14H,5,8,11-13,15-16H2,1-2H3,(H,27,31)(H,33,34)(H,35,36)(H2,28,29,37). The van der Waals surface area contributed by atoms with E-state index in [4.69, 9.17) is 14.9 Å². The first kappa shape index (κ1) is 29.6. The third-order valence-corrected chi connectivity index (χ3v) is 5.48. The summed E-state index contributed by atoms with van der Waals surface area (Å²) < 4.78 is 5.35. The van der Waals surface area contributed by atoms with Crippen molar-refractivity contribution in [1.82, 2.24) is 10.2 Å². The number of carboxylic acids is 2. The quantitative estimate of drug-likeness (QED) is 0.248. The van der Waals surface area contributed by atoms with E-state index in [1.165, 1.54) is 12.0 Å². The average Bonchev–Trinajstić information content (AvgIpc) is 2.86. The highest BCUT2D eigenvalue weighted by Gasteiger charge is 2.17. The molecule has 0 saturated heterocycles. The Morgan fingerprint density at radius 2 is 1.58 bits per heavy atom. The van der Waals surface area contributed by atoms with E-state index in [-0.39, 0.29) is 45.3 Å². The molecular formula is C26H32N4O8. The molecule has 0 bridgehead atoms. The maximum absolute atomic E-state index is 12.5. The number of para-hydroxylation sites is 1. The third-order valence-electron chi connectivity index (χ3n) is 5.48. The Kier molecular flexibility index (Phi) is 11.6. The molecule has 0 spiro atoms. The number of anilines is 2. The van der Waals surface area contributed by atoms with Gasteiger partial charge in [0.05, 0.1) is 32.2 Å². The Balaban J connectivity index is 1.93. The van der Waals surface area contributed by atoms with E-state index in [2.05, 4.69) is 16.0 Å². The lowest BCUT2D eigenvalue weighted by atomic mass is 10.1. The number of benzene rings is 2. The second kappa shape index (κ2) is 14.8. The van der Waals surface area contributed by atoms with Crippen molar-refractivity contribution in [2.75, 3.05) is 37.4 Å². The zero-order chi connectivity index (χ0) is 28.1. The summed E-state index contributed by atoms with van der Waals surface area (Å²) in [4.78, 5) is 60.2. The smallest absolute Gasteiger partial charge is 0.323 e. The van der Waals surface area contributed by atoms with Gasteiger partial charge in [-0.15, -0.1) is 0 Å². The van der Waals surface area contributed by atoms with Crippen LogP contribution in [0.1, 0.15) is 30.4 Å². The van der Waals surface area contributed by atoms with Crippen molar-refractivity contribution in [3.05, 3.63) is 53.6 Å². The van der Waals surface area contributed by atoms with Crippen LogP contribution in [0.5, 0.6) is 5.75 Å². The minimum Gasteiger partial charge on any atom is -0.495 e. The van der Waals surface area contributed by atoms with E-state index in [9.17, 15) is 24.0 Å². The zero-order valence-corrected chi connectivity index (χ0v) is 21.3. The number of nitrogens with zero attached hydrogens (tertiary/aromatic N) is 1. The first-order valence-corrected chi connectivity index (χ1v) is 11.9. The maximum atomic E-state index is 12.5. The van der Waals surface area contributed by atoms with Gasteiger partial charge in [0, 0.05) is 25.2 Å². The Labute approximate surface area is 220 Å².